The Hall–Kier alpha value is -3.52. The highest BCUT2D eigenvalue weighted by atomic mass is 32.2. The molecule has 0 bridgehead atoms. The molecule has 162 valence electrons. The van der Waals surface area contributed by atoms with Crippen molar-refractivity contribution in [2.75, 3.05) is 22.9 Å². The summed E-state index contributed by atoms with van der Waals surface area (Å²) in [6.45, 7) is 1.79. The molecule has 3 aromatic rings. The normalized spacial score (nSPS) is 10.9. The molecule has 8 heteroatoms. The Bertz CT molecular complexity index is 1150. The molecule has 0 atom stereocenters. The van der Waals surface area contributed by atoms with Crippen LogP contribution in [0.15, 0.2) is 72.8 Å². The zero-order valence-corrected chi connectivity index (χ0v) is 18.1. The van der Waals surface area contributed by atoms with Crippen LogP contribution in [0.3, 0.4) is 0 Å². The summed E-state index contributed by atoms with van der Waals surface area (Å²) in [5.41, 5.74) is 2.00. The summed E-state index contributed by atoms with van der Waals surface area (Å²) in [4.78, 5) is 12.9. The zero-order chi connectivity index (χ0) is 22.3. The standard InChI is InChI=1S/C23H24N2O5S/c1-3-31(27,28)25-21-14-13-18(15-22(21)29-2)24-23(26)20-12-8-7-9-17(20)16-30-19-10-5-4-6-11-19/h4-15,25H,3,16H2,1-2H3,(H,24,26). The van der Waals surface area contributed by atoms with Crippen LogP contribution in [0.4, 0.5) is 11.4 Å². The first-order valence-electron chi connectivity index (χ1n) is 9.67. The molecule has 3 aromatic carbocycles. The summed E-state index contributed by atoms with van der Waals surface area (Å²) in [5.74, 6) is 0.649. The number of carbonyl (C=O) groups excluding carboxylic acids is 1. The van der Waals surface area contributed by atoms with Crippen LogP contribution in [-0.2, 0) is 16.6 Å². The molecular weight excluding hydrogens is 416 g/mol. The number of para-hydroxylation sites is 1. The molecule has 31 heavy (non-hydrogen) atoms. The van der Waals surface area contributed by atoms with E-state index in [9.17, 15) is 13.2 Å². The van der Waals surface area contributed by atoms with E-state index in [1.54, 1.807) is 37.3 Å². The molecular formula is C23H24N2O5S. The van der Waals surface area contributed by atoms with Crippen molar-refractivity contribution in [1.29, 1.82) is 0 Å². The van der Waals surface area contributed by atoms with Crippen LogP contribution in [0.5, 0.6) is 11.5 Å². The number of sulfonamides is 1. The van der Waals surface area contributed by atoms with E-state index >= 15 is 0 Å². The number of rotatable bonds is 9. The maximum atomic E-state index is 12.9. The summed E-state index contributed by atoms with van der Waals surface area (Å²) in [6, 6.07) is 21.3. The van der Waals surface area contributed by atoms with Crippen molar-refractivity contribution in [1.82, 2.24) is 0 Å². The van der Waals surface area contributed by atoms with Crippen molar-refractivity contribution in [3.8, 4) is 11.5 Å². The first kappa shape index (κ1) is 22.2. The van der Waals surface area contributed by atoms with Gasteiger partial charge in [-0.3, -0.25) is 9.52 Å². The molecule has 0 heterocycles. The van der Waals surface area contributed by atoms with Crippen molar-refractivity contribution < 1.29 is 22.7 Å². The lowest BCUT2D eigenvalue weighted by Crippen LogP contribution is -2.16. The fraction of sp³-hybridized carbons (Fsp3) is 0.174. The number of ether oxygens (including phenoxy) is 2. The van der Waals surface area contributed by atoms with Crippen LogP contribution in [0.1, 0.15) is 22.8 Å². The van der Waals surface area contributed by atoms with Gasteiger partial charge in [0.1, 0.15) is 18.1 Å². The second kappa shape index (κ2) is 9.99. The highest BCUT2D eigenvalue weighted by Crippen LogP contribution is 2.29. The lowest BCUT2D eigenvalue weighted by molar-refractivity contribution is 0.102. The highest BCUT2D eigenvalue weighted by Gasteiger charge is 2.15. The van der Waals surface area contributed by atoms with Crippen LogP contribution < -0.4 is 19.5 Å². The monoisotopic (exact) mass is 440 g/mol. The minimum absolute atomic E-state index is 0.0590. The second-order valence-corrected chi connectivity index (χ2v) is 8.64. The SMILES string of the molecule is CCS(=O)(=O)Nc1ccc(NC(=O)c2ccccc2COc2ccccc2)cc1OC. The Labute approximate surface area is 182 Å². The van der Waals surface area contributed by atoms with Crippen LogP contribution in [0.2, 0.25) is 0 Å². The molecule has 0 saturated heterocycles. The van der Waals surface area contributed by atoms with Gasteiger partial charge in [0, 0.05) is 22.9 Å². The molecule has 7 nitrogen and oxygen atoms in total. The fourth-order valence-electron chi connectivity index (χ4n) is 2.84. The molecule has 0 saturated carbocycles. The first-order valence-corrected chi connectivity index (χ1v) is 11.3. The topological polar surface area (TPSA) is 93.7 Å². The smallest absolute Gasteiger partial charge is 0.256 e. The molecule has 1 amide bonds. The highest BCUT2D eigenvalue weighted by molar-refractivity contribution is 7.92. The molecule has 0 aliphatic carbocycles. The molecule has 0 aromatic heterocycles. The van der Waals surface area contributed by atoms with E-state index in [0.717, 1.165) is 5.56 Å². The molecule has 0 aliphatic rings. The number of methoxy groups -OCH3 is 1. The van der Waals surface area contributed by atoms with Crippen molar-refractivity contribution in [3.05, 3.63) is 83.9 Å². The minimum Gasteiger partial charge on any atom is -0.494 e. The van der Waals surface area contributed by atoms with E-state index in [4.69, 9.17) is 9.47 Å². The van der Waals surface area contributed by atoms with Gasteiger partial charge in [-0.2, -0.15) is 0 Å². The Balaban J connectivity index is 1.76. The van der Waals surface area contributed by atoms with Gasteiger partial charge in [-0.05, 0) is 37.3 Å². The van der Waals surface area contributed by atoms with Gasteiger partial charge in [0.05, 0.1) is 18.6 Å². The van der Waals surface area contributed by atoms with Crippen LogP contribution in [0, 0.1) is 0 Å². The first-order chi connectivity index (χ1) is 14.9. The molecule has 3 rings (SSSR count). The van der Waals surface area contributed by atoms with Crippen LogP contribution in [0.25, 0.3) is 0 Å². The third-order valence-electron chi connectivity index (χ3n) is 4.50. The third-order valence-corrected chi connectivity index (χ3v) is 5.80. The Morgan fingerprint density at radius 3 is 2.39 bits per heavy atom. The fourth-order valence-corrected chi connectivity index (χ4v) is 3.48. The van der Waals surface area contributed by atoms with Crippen molar-refractivity contribution in [2.45, 2.75) is 13.5 Å². The summed E-state index contributed by atoms with van der Waals surface area (Å²) < 4.78 is 37.2. The molecule has 0 unspecified atom stereocenters. The maximum Gasteiger partial charge on any atom is 0.256 e. The number of carbonyl (C=O) groups is 1. The number of hydrogen-bond donors (Lipinski definition) is 2. The molecule has 0 aliphatic heterocycles. The molecule has 0 fully saturated rings. The summed E-state index contributed by atoms with van der Waals surface area (Å²) in [7, 11) is -2.02. The van der Waals surface area contributed by atoms with Crippen molar-refractivity contribution >= 4 is 27.3 Å². The van der Waals surface area contributed by atoms with E-state index in [-0.39, 0.29) is 18.3 Å². The van der Waals surface area contributed by atoms with Gasteiger partial charge < -0.3 is 14.8 Å². The largest absolute Gasteiger partial charge is 0.494 e. The van der Waals surface area contributed by atoms with Gasteiger partial charge in [-0.1, -0.05) is 36.4 Å². The maximum absolute atomic E-state index is 12.9. The predicted molar refractivity (Wildman–Crippen MR) is 121 cm³/mol. The zero-order valence-electron chi connectivity index (χ0n) is 17.3. The number of anilines is 2. The lowest BCUT2D eigenvalue weighted by Gasteiger charge is -2.14. The van der Waals surface area contributed by atoms with Crippen LogP contribution >= 0.6 is 0 Å². The van der Waals surface area contributed by atoms with Gasteiger partial charge in [0.25, 0.3) is 5.91 Å². The van der Waals surface area contributed by atoms with Gasteiger partial charge in [-0.25, -0.2) is 8.42 Å². The number of amides is 1. The Morgan fingerprint density at radius 1 is 0.968 bits per heavy atom. The summed E-state index contributed by atoms with van der Waals surface area (Å²) >= 11 is 0. The average molecular weight is 441 g/mol. The number of benzene rings is 3. The van der Waals surface area contributed by atoms with E-state index in [2.05, 4.69) is 10.0 Å². The molecule has 0 radical (unpaired) electrons. The second-order valence-electron chi connectivity index (χ2n) is 6.63. The average Bonchev–Trinajstić information content (AvgIpc) is 2.79. The van der Waals surface area contributed by atoms with E-state index < -0.39 is 10.0 Å². The quantitative estimate of drug-likeness (QED) is 0.518. The lowest BCUT2D eigenvalue weighted by atomic mass is 10.1. The van der Waals surface area contributed by atoms with Crippen molar-refractivity contribution in [3.63, 3.8) is 0 Å². The van der Waals surface area contributed by atoms with Gasteiger partial charge >= 0.3 is 0 Å². The van der Waals surface area contributed by atoms with Gasteiger partial charge in [0.15, 0.2) is 0 Å². The predicted octanol–water partition coefficient (Wildman–Crippen LogP) is 4.29. The molecule has 2 N–H and O–H groups in total. The van der Waals surface area contributed by atoms with Crippen LogP contribution in [-0.4, -0.2) is 27.2 Å². The van der Waals surface area contributed by atoms with Gasteiger partial charge in [-0.15, -0.1) is 0 Å². The number of hydrogen-bond acceptors (Lipinski definition) is 5. The van der Waals surface area contributed by atoms with E-state index in [0.29, 0.717) is 28.4 Å². The Morgan fingerprint density at radius 2 is 1.68 bits per heavy atom. The van der Waals surface area contributed by atoms with Gasteiger partial charge in [0.2, 0.25) is 10.0 Å². The number of nitrogens with one attached hydrogen (secondary N) is 2. The summed E-state index contributed by atoms with van der Waals surface area (Å²) in [6.07, 6.45) is 0. The van der Waals surface area contributed by atoms with E-state index in [1.807, 2.05) is 42.5 Å². The molecule has 0 spiro atoms. The van der Waals surface area contributed by atoms with E-state index in [1.165, 1.54) is 7.11 Å². The Kier molecular flexibility index (Phi) is 7.15. The third kappa shape index (κ3) is 5.99. The van der Waals surface area contributed by atoms with Crippen molar-refractivity contribution in [2.24, 2.45) is 0 Å². The summed E-state index contributed by atoms with van der Waals surface area (Å²) in [5, 5.41) is 2.82. The minimum atomic E-state index is -3.45.